The van der Waals surface area contributed by atoms with E-state index >= 15 is 0 Å². The number of benzene rings is 1. The minimum Gasteiger partial charge on any atom is -0.480 e. The quantitative estimate of drug-likeness (QED) is 0.827. The zero-order valence-corrected chi connectivity index (χ0v) is 8.77. The van der Waals surface area contributed by atoms with Gasteiger partial charge in [-0.2, -0.15) is 0 Å². The molecular formula is C11H14FNO2. The van der Waals surface area contributed by atoms with Gasteiger partial charge in [0, 0.05) is 6.04 Å². The first kappa shape index (κ1) is 11.7. The van der Waals surface area contributed by atoms with Gasteiger partial charge in [0.05, 0.1) is 6.54 Å². The second kappa shape index (κ2) is 4.89. The molecule has 0 aliphatic carbocycles. The monoisotopic (exact) mass is 211 g/mol. The van der Waals surface area contributed by atoms with Gasteiger partial charge in [0.25, 0.3) is 0 Å². The van der Waals surface area contributed by atoms with E-state index in [1.807, 2.05) is 6.92 Å². The van der Waals surface area contributed by atoms with Gasteiger partial charge < -0.3 is 5.11 Å². The molecule has 0 bridgehead atoms. The maximum absolute atomic E-state index is 12.7. The third-order valence-electron chi connectivity index (χ3n) is 2.40. The highest BCUT2D eigenvalue weighted by Gasteiger charge is 2.13. The molecule has 15 heavy (non-hydrogen) atoms. The van der Waals surface area contributed by atoms with E-state index in [-0.39, 0.29) is 18.4 Å². The van der Waals surface area contributed by atoms with Gasteiger partial charge in [0.2, 0.25) is 0 Å². The van der Waals surface area contributed by atoms with Crippen LogP contribution in [0.25, 0.3) is 0 Å². The van der Waals surface area contributed by atoms with Gasteiger partial charge in [-0.25, -0.2) is 4.39 Å². The van der Waals surface area contributed by atoms with Crippen LogP contribution in [0.3, 0.4) is 0 Å². The van der Waals surface area contributed by atoms with Crippen molar-refractivity contribution in [1.82, 2.24) is 4.90 Å². The molecule has 1 atom stereocenters. The molecule has 0 saturated carbocycles. The maximum Gasteiger partial charge on any atom is 0.317 e. The Bertz CT molecular complexity index is 337. The van der Waals surface area contributed by atoms with Crippen LogP contribution in [0.2, 0.25) is 0 Å². The van der Waals surface area contributed by atoms with E-state index in [4.69, 9.17) is 5.11 Å². The predicted octanol–water partition coefficient (Wildman–Crippen LogP) is 1.90. The Labute approximate surface area is 88.1 Å². The lowest BCUT2D eigenvalue weighted by Gasteiger charge is -2.23. The fourth-order valence-electron chi connectivity index (χ4n) is 1.35. The maximum atomic E-state index is 12.7. The van der Waals surface area contributed by atoms with Crippen LogP contribution < -0.4 is 0 Å². The minimum absolute atomic E-state index is 0.0292. The van der Waals surface area contributed by atoms with E-state index < -0.39 is 5.97 Å². The first-order chi connectivity index (χ1) is 7.00. The number of likely N-dealkylation sites (N-methyl/N-ethyl adjacent to an activating group) is 1. The van der Waals surface area contributed by atoms with Crippen molar-refractivity contribution in [1.29, 1.82) is 0 Å². The van der Waals surface area contributed by atoms with Gasteiger partial charge >= 0.3 is 5.97 Å². The molecule has 0 spiro atoms. The van der Waals surface area contributed by atoms with Crippen molar-refractivity contribution in [3.05, 3.63) is 35.6 Å². The van der Waals surface area contributed by atoms with Crippen LogP contribution in [0.5, 0.6) is 0 Å². The number of rotatable bonds is 4. The first-order valence-corrected chi connectivity index (χ1v) is 4.68. The van der Waals surface area contributed by atoms with Crippen molar-refractivity contribution in [2.45, 2.75) is 13.0 Å². The molecule has 0 aromatic heterocycles. The Hall–Kier alpha value is -1.42. The molecular weight excluding hydrogens is 197 g/mol. The van der Waals surface area contributed by atoms with Gasteiger partial charge in [0.15, 0.2) is 0 Å². The number of carboxylic acids is 1. The van der Waals surface area contributed by atoms with Crippen molar-refractivity contribution in [3.8, 4) is 0 Å². The fourth-order valence-corrected chi connectivity index (χ4v) is 1.35. The number of hydrogen-bond acceptors (Lipinski definition) is 2. The van der Waals surface area contributed by atoms with Gasteiger partial charge in [-0.05, 0) is 31.7 Å². The van der Waals surface area contributed by atoms with Crippen LogP contribution in [0.1, 0.15) is 18.5 Å². The summed E-state index contributed by atoms with van der Waals surface area (Å²) in [5, 5.41) is 8.62. The number of carbonyl (C=O) groups is 1. The summed E-state index contributed by atoms with van der Waals surface area (Å²) in [7, 11) is 1.72. The topological polar surface area (TPSA) is 40.5 Å². The summed E-state index contributed by atoms with van der Waals surface area (Å²) < 4.78 is 12.7. The highest BCUT2D eigenvalue weighted by molar-refractivity contribution is 5.69. The first-order valence-electron chi connectivity index (χ1n) is 4.68. The van der Waals surface area contributed by atoms with E-state index in [0.717, 1.165) is 5.56 Å². The van der Waals surface area contributed by atoms with Crippen molar-refractivity contribution in [3.63, 3.8) is 0 Å². The molecule has 1 rings (SSSR count). The molecule has 0 fully saturated rings. The van der Waals surface area contributed by atoms with E-state index in [2.05, 4.69) is 0 Å². The summed E-state index contributed by atoms with van der Waals surface area (Å²) >= 11 is 0. The molecule has 4 heteroatoms. The van der Waals surface area contributed by atoms with Crippen LogP contribution in [0.4, 0.5) is 4.39 Å². The molecule has 1 aromatic carbocycles. The van der Waals surface area contributed by atoms with Gasteiger partial charge in [0.1, 0.15) is 5.82 Å². The summed E-state index contributed by atoms with van der Waals surface area (Å²) in [5.74, 6) is -1.15. The molecule has 0 heterocycles. The second-order valence-corrected chi connectivity index (χ2v) is 3.54. The fraction of sp³-hybridized carbons (Fsp3) is 0.364. The average molecular weight is 211 g/mol. The number of hydrogen-bond donors (Lipinski definition) is 1. The minimum atomic E-state index is -0.869. The summed E-state index contributed by atoms with van der Waals surface area (Å²) in [6, 6.07) is 6.04. The standard InChI is InChI=1S/C11H14FNO2/c1-8(13(2)7-11(14)15)9-3-5-10(12)6-4-9/h3-6,8H,7H2,1-2H3,(H,14,15). The average Bonchev–Trinajstić information content (AvgIpc) is 2.17. The number of nitrogens with zero attached hydrogens (tertiary/aromatic N) is 1. The predicted molar refractivity (Wildman–Crippen MR) is 55.1 cm³/mol. The molecule has 3 nitrogen and oxygen atoms in total. The second-order valence-electron chi connectivity index (χ2n) is 3.54. The third kappa shape index (κ3) is 3.32. The zero-order valence-electron chi connectivity index (χ0n) is 8.77. The van der Waals surface area contributed by atoms with E-state index in [9.17, 15) is 9.18 Å². The molecule has 0 aliphatic heterocycles. The van der Waals surface area contributed by atoms with Gasteiger partial charge in [-0.15, -0.1) is 0 Å². The summed E-state index contributed by atoms with van der Waals surface area (Å²) in [6.45, 7) is 1.86. The van der Waals surface area contributed by atoms with Crippen LogP contribution in [0, 0.1) is 5.82 Å². The van der Waals surface area contributed by atoms with Crippen LogP contribution in [-0.2, 0) is 4.79 Å². The Morgan fingerprint density at radius 3 is 2.47 bits per heavy atom. The lowest BCUT2D eigenvalue weighted by Crippen LogP contribution is -2.28. The Morgan fingerprint density at radius 2 is 2.00 bits per heavy atom. The van der Waals surface area contributed by atoms with E-state index in [1.54, 1.807) is 24.1 Å². The molecule has 1 N–H and O–H groups in total. The Kier molecular flexibility index (Phi) is 3.80. The highest BCUT2D eigenvalue weighted by Crippen LogP contribution is 2.18. The Balaban J connectivity index is 2.71. The van der Waals surface area contributed by atoms with Gasteiger partial charge in [-0.1, -0.05) is 12.1 Å². The highest BCUT2D eigenvalue weighted by atomic mass is 19.1. The number of halogens is 1. The molecule has 0 radical (unpaired) electrons. The number of carboxylic acid groups (broad SMARTS) is 1. The number of aliphatic carboxylic acids is 1. The normalized spacial score (nSPS) is 12.8. The SMILES string of the molecule is CC(c1ccc(F)cc1)N(C)CC(=O)O. The van der Waals surface area contributed by atoms with Gasteiger partial charge in [-0.3, -0.25) is 9.69 Å². The third-order valence-corrected chi connectivity index (χ3v) is 2.40. The molecule has 1 aromatic rings. The lowest BCUT2D eigenvalue weighted by molar-refractivity contribution is -0.138. The summed E-state index contributed by atoms with van der Waals surface area (Å²) in [4.78, 5) is 12.2. The van der Waals surface area contributed by atoms with Crippen LogP contribution in [-0.4, -0.2) is 29.6 Å². The van der Waals surface area contributed by atoms with Crippen LogP contribution in [0.15, 0.2) is 24.3 Å². The van der Waals surface area contributed by atoms with Crippen molar-refractivity contribution >= 4 is 5.97 Å². The largest absolute Gasteiger partial charge is 0.480 e. The Morgan fingerprint density at radius 1 is 1.47 bits per heavy atom. The van der Waals surface area contributed by atoms with Crippen LogP contribution >= 0.6 is 0 Å². The van der Waals surface area contributed by atoms with E-state index in [0.29, 0.717) is 0 Å². The molecule has 1 unspecified atom stereocenters. The van der Waals surface area contributed by atoms with Crippen molar-refractivity contribution in [2.24, 2.45) is 0 Å². The molecule has 0 saturated heterocycles. The molecule has 82 valence electrons. The van der Waals surface area contributed by atoms with Crippen molar-refractivity contribution < 1.29 is 14.3 Å². The van der Waals surface area contributed by atoms with Crippen molar-refractivity contribution in [2.75, 3.05) is 13.6 Å². The smallest absolute Gasteiger partial charge is 0.317 e. The summed E-state index contributed by atoms with van der Waals surface area (Å²) in [5.41, 5.74) is 0.903. The molecule has 0 amide bonds. The zero-order chi connectivity index (χ0) is 11.4. The lowest BCUT2D eigenvalue weighted by atomic mass is 10.1. The molecule has 0 aliphatic rings. The summed E-state index contributed by atoms with van der Waals surface area (Å²) in [6.07, 6.45) is 0. The van der Waals surface area contributed by atoms with E-state index in [1.165, 1.54) is 12.1 Å².